The number of nitrogens with one attached hydrogen (secondary N) is 1. The van der Waals surface area contributed by atoms with Crippen molar-refractivity contribution in [1.82, 2.24) is 19.6 Å². The molecule has 0 unspecified atom stereocenters. The zero-order valence-corrected chi connectivity index (χ0v) is 14.9. The van der Waals surface area contributed by atoms with E-state index in [1.807, 2.05) is 0 Å². The van der Waals surface area contributed by atoms with Gasteiger partial charge < -0.3 is 5.32 Å². The van der Waals surface area contributed by atoms with E-state index in [1.54, 1.807) is 19.1 Å². The van der Waals surface area contributed by atoms with Crippen LogP contribution in [0.15, 0.2) is 36.5 Å². The summed E-state index contributed by atoms with van der Waals surface area (Å²) in [5, 5.41) is 10.7. The lowest BCUT2D eigenvalue weighted by Gasteiger charge is -2.07. The van der Waals surface area contributed by atoms with Crippen molar-refractivity contribution in [3.63, 3.8) is 0 Å². The fourth-order valence-corrected chi connectivity index (χ4v) is 2.71. The highest BCUT2D eigenvalue weighted by atomic mass is 35.5. The van der Waals surface area contributed by atoms with Gasteiger partial charge in [-0.25, -0.2) is 13.2 Å². The Morgan fingerprint density at radius 3 is 2.63 bits per heavy atom. The summed E-state index contributed by atoms with van der Waals surface area (Å²) < 4.78 is 41.3. The van der Waals surface area contributed by atoms with Crippen LogP contribution in [-0.2, 0) is 17.9 Å². The average molecular weight is 398 g/mol. The van der Waals surface area contributed by atoms with Gasteiger partial charge in [0.25, 0.3) is 6.43 Å². The maximum atomic E-state index is 13.0. The summed E-state index contributed by atoms with van der Waals surface area (Å²) in [5.41, 5.74) is 0.845. The highest BCUT2D eigenvalue weighted by molar-refractivity contribution is 6.33. The zero-order chi connectivity index (χ0) is 19.6. The molecule has 0 saturated heterocycles. The number of carbonyl (C=O) groups is 1. The number of halogens is 4. The second kappa shape index (κ2) is 7.83. The van der Waals surface area contributed by atoms with Crippen LogP contribution in [0.25, 0.3) is 0 Å². The van der Waals surface area contributed by atoms with Crippen LogP contribution in [0.2, 0.25) is 5.02 Å². The average Bonchev–Trinajstić information content (AvgIpc) is 3.12. The SMILES string of the molecule is Cc1cc(C(F)F)n(CC(=O)Nc2nn(Cc3ccc(F)cc3)cc2Cl)n1. The first-order chi connectivity index (χ1) is 12.8. The molecule has 0 aliphatic heterocycles. The van der Waals surface area contributed by atoms with Gasteiger partial charge in [0.2, 0.25) is 5.91 Å². The molecule has 0 aliphatic carbocycles. The zero-order valence-electron chi connectivity index (χ0n) is 14.2. The second-order valence-electron chi connectivity index (χ2n) is 5.87. The van der Waals surface area contributed by atoms with E-state index in [4.69, 9.17) is 11.6 Å². The van der Waals surface area contributed by atoms with Gasteiger partial charge in [0, 0.05) is 6.20 Å². The number of hydrogen-bond acceptors (Lipinski definition) is 3. The van der Waals surface area contributed by atoms with Gasteiger partial charge >= 0.3 is 0 Å². The number of alkyl halides is 2. The molecule has 142 valence electrons. The van der Waals surface area contributed by atoms with Gasteiger partial charge in [-0.1, -0.05) is 23.7 Å². The summed E-state index contributed by atoms with van der Waals surface area (Å²) in [6, 6.07) is 7.10. The Balaban J connectivity index is 1.68. The third-order valence-electron chi connectivity index (χ3n) is 3.68. The van der Waals surface area contributed by atoms with Crippen LogP contribution in [0.5, 0.6) is 0 Å². The van der Waals surface area contributed by atoms with Gasteiger partial charge in [0.15, 0.2) is 5.82 Å². The Labute approximate surface area is 157 Å². The lowest BCUT2D eigenvalue weighted by molar-refractivity contribution is -0.117. The van der Waals surface area contributed by atoms with Gasteiger partial charge in [-0.15, -0.1) is 0 Å². The molecule has 2 heterocycles. The van der Waals surface area contributed by atoms with Crippen molar-refractivity contribution in [2.75, 3.05) is 5.32 Å². The molecular weight excluding hydrogens is 383 g/mol. The van der Waals surface area contributed by atoms with Crippen molar-refractivity contribution in [3.05, 3.63) is 64.3 Å². The molecule has 0 spiro atoms. The third kappa shape index (κ3) is 4.68. The maximum Gasteiger partial charge on any atom is 0.280 e. The Morgan fingerprint density at radius 2 is 1.96 bits per heavy atom. The molecule has 6 nitrogen and oxygen atoms in total. The second-order valence-corrected chi connectivity index (χ2v) is 6.27. The van der Waals surface area contributed by atoms with Crippen LogP contribution in [0, 0.1) is 12.7 Å². The molecule has 1 amide bonds. The normalized spacial score (nSPS) is 11.2. The minimum absolute atomic E-state index is 0.103. The van der Waals surface area contributed by atoms with E-state index in [-0.39, 0.29) is 22.4 Å². The minimum Gasteiger partial charge on any atom is -0.306 e. The van der Waals surface area contributed by atoms with Gasteiger partial charge in [0.05, 0.1) is 12.2 Å². The van der Waals surface area contributed by atoms with Crippen LogP contribution in [0.1, 0.15) is 23.4 Å². The predicted molar refractivity (Wildman–Crippen MR) is 93.3 cm³/mol. The number of rotatable bonds is 6. The molecule has 0 atom stereocenters. The first-order valence-corrected chi connectivity index (χ1v) is 8.29. The monoisotopic (exact) mass is 397 g/mol. The molecule has 3 aromatic rings. The number of hydrogen-bond donors (Lipinski definition) is 1. The molecule has 2 aromatic heterocycles. The van der Waals surface area contributed by atoms with Crippen LogP contribution < -0.4 is 5.32 Å². The van der Waals surface area contributed by atoms with Crippen LogP contribution >= 0.6 is 11.6 Å². The molecular formula is C17H15ClF3N5O. The Hall–Kier alpha value is -2.81. The standard InChI is InChI=1S/C17H15ClF3N5O/c1-10-6-14(16(20)21)26(23-10)9-15(27)22-17-13(18)8-25(24-17)7-11-2-4-12(19)5-3-11/h2-6,8,16H,7,9H2,1H3,(H,22,24,27). The van der Waals surface area contributed by atoms with Crippen molar-refractivity contribution < 1.29 is 18.0 Å². The fourth-order valence-electron chi connectivity index (χ4n) is 2.52. The number of anilines is 1. The topological polar surface area (TPSA) is 64.7 Å². The first-order valence-electron chi connectivity index (χ1n) is 7.91. The molecule has 0 fully saturated rings. The van der Waals surface area contributed by atoms with Crippen molar-refractivity contribution in [2.24, 2.45) is 0 Å². The van der Waals surface area contributed by atoms with E-state index in [0.717, 1.165) is 10.2 Å². The Bertz CT molecular complexity index is 952. The van der Waals surface area contributed by atoms with Crippen LogP contribution in [-0.4, -0.2) is 25.5 Å². The molecule has 3 rings (SSSR count). The quantitative estimate of drug-likeness (QED) is 0.688. The van der Waals surface area contributed by atoms with Crippen LogP contribution in [0.3, 0.4) is 0 Å². The summed E-state index contributed by atoms with van der Waals surface area (Å²) in [6.07, 6.45) is -1.24. The summed E-state index contributed by atoms with van der Waals surface area (Å²) in [4.78, 5) is 12.2. The number of carbonyl (C=O) groups excluding carboxylic acids is 1. The summed E-state index contributed by atoms with van der Waals surface area (Å²) in [5.74, 6) is -0.831. The van der Waals surface area contributed by atoms with E-state index in [1.165, 1.54) is 29.1 Å². The summed E-state index contributed by atoms with van der Waals surface area (Å²) in [6.45, 7) is 1.49. The highest BCUT2D eigenvalue weighted by Crippen LogP contribution is 2.22. The summed E-state index contributed by atoms with van der Waals surface area (Å²) in [7, 11) is 0. The maximum absolute atomic E-state index is 13.0. The van der Waals surface area contributed by atoms with Gasteiger partial charge in [-0.3, -0.25) is 14.2 Å². The highest BCUT2D eigenvalue weighted by Gasteiger charge is 2.18. The van der Waals surface area contributed by atoms with E-state index >= 15 is 0 Å². The van der Waals surface area contributed by atoms with Gasteiger partial charge in [0.1, 0.15) is 23.1 Å². The lowest BCUT2D eigenvalue weighted by Crippen LogP contribution is -2.21. The molecule has 0 bridgehead atoms. The molecule has 27 heavy (non-hydrogen) atoms. The van der Waals surface area contributed by atoms with Gasteiger partial charge in [-0.05, 0) is 30.7 Å². The van der Waals surface area contributed by atoms with Crippen molar-refractivity contribution in [3.8, 4) is 0 Å². The molecule has 0 aliphatic rings. The van der Waals surface area contributed by atoms with Crippen molar-refractivity contribution in [2.45, 2.75) is 26.4 Å². The molecule has 1 N–H and O–H groups in total. The Morgan fingerprint density at radius 1 is 1.26 bits per heavy atom. The van der Waals surface area contributed by atoms with E-state index in [0.29, 0.717) is 12.2 Å². The molecule has 0 saturated carbocycles. The third-order valence-corrected chi connectivity index (χ3v) is 3.96. The number of aromatic nitrogens is 4. The predicted octanol–water partition coefficient (Wildman–Crippen LogP) is 3.81. The largest absolute Gasteiger partial charge is 0.306 e. The Kier molecular flexibility index (Phi) is 5.50. The van der Waals surface area contributed by atoms with Crippen molar-refractivity contribution >= 4 is 23.3 Å². The van der Waals surface area contributed by atoms with E-state index in [2.05, 4.69) is 15.5 Å². The summed E-state index contributed by atoms with van der Waals surface area (Å²) >= 11 is 6.07. The fraction of sp³-hybridized carbons (Fsp3) is 0.235. The number of nitrogens with zero attached hydrogens (tertiary/aromatic N) is 4. The lowest BCUT2D eigenvalue weighted by atomic mass is 10.2. The molecule has 10 heteroatoms. The van der Waals surface area contributed by atoms with Crippen molar-refractivity contribution in [1.29, 1.82) is 0 Å². The molecule has 1 aromatic carbocycles. The molecule has 0 radical (unpaired) electrons. The number of amides is 1. The number of benzene rings is 1. The van der Waals surface area contributed by atoms with E-state index in [9.17, 15) is 18.0 Å². The van der Waals surface area contributed by atoms with Gasteiger partial charge in [-0.2, -0.15) is 10.2 Å². The number of aryl methyl sites for hydroxylation is 1. The smallest absolute Gasteiger partial charge is 0.280 e. The van der Waals surface area contributed by atoms with E-state index < -0.39 is 18.9 Å². The minimum atomic E-state index is -2.74. The van der Waals surface area contributed by atoms with Crippen LogP contribution in [0.4, 0.5) is 19.0 Å². The first kappa shape index (κ1) is 19.0.